The van der Waals surface area contributed by atoms with Gasteiger partial charge in [-0.05, 0) is 19.1 Å². The highest BCUT2D eigenvalue weighted by molar-refractivity contribution is 7.89. The molecule has 0 radical (unpaired) electrons. The van der Waals surface area contributed by atoms with Crippen LogP contribution in [0.1, 0.15) is 18.7 Å². The zero-order chi connectivity index (χ0) is 14.8. The van der Waals surface area contributed by atoms with Gasteiger partial charge in [0.15, 0.2) is 0 Å². The van der Waals surface area contributed by atoms with Gasteiger partial charge in [-0.3, -0.25) is 9.48 Å². The SMILES string of the molecule is C[C@@H](NS(=O)(=O)c1cnn(CC(=O)O)c1)c1ccco1. The molecule has 2 aromatic rings. The first-order valence-electron chi connectivity index (χ1n) is 5.68. The van der Waals surface area contributed by atoms with Gasteiger partial charge in [0.25, 0.3) is 0 Å². The molecule has 9 heteroatoms. The normalized spacial score (nSPS) is 13.2. The number of aliphatic carboxylic acids is 1. The minimum atomic E-state index is -3.79. The predicted molar refractivity (Wildman–Crippen MR) is 67.3 cm³/mol. The quantitative estimate of drug-likeness (QED) is 0.807. The Morgan fingerprint density at radius 3 is 2.95 bits per heavy atom. The highest BCUT2D eigenvalue weighted by Crippen LogP contribution is 2.16. The number of nitrogens with one attached hydrogen (secondary N) is 1. The van der Waals surface area contributed by atoms with Crippen molar-refractivity contribution in [2.75, 3.05) is 0 Å². The second kappa shape index (κ2) is 5.47. The molecule has 0 aliphatic rings. The maximum atomic E-state index is 12.1. The summed E-state index contributed by atoms with van der Waals surface area (Å²) < 4.78 is 32.7. The molecule has 0 aromatic carbocycles. The van der Waals surface area contributed by atoms with E-state index in [-0.39, 0.29) is 4.90 Å². The van der Waals surface area contributed by atoms with E-state index in [1.165, 1.54) is 6.26 Å². The molecule has 0 spiro atoms. The van der Waals surface area contributed by atoms with Gasteiger partial charge in [0.2, 0.25) is 10.0 Å². The second-order valence-electron chi connectivity index (χ2n) is 4.13. The summed E-state index contributed by atoms with van der Waals surface area (Å²) in [6.45, 7) is 1.24. The number of aromatic nitrogens is 2. The number of carboxylic acid groups (broad SMARTS) is 1. The zero-order valence-corrected chi connectivity index (χ0v) is 11.4. The van der Waals surface area contributed by atoms with E-state index in [2.05, 4.69) is 9.82 Å². The van der Waals surface area contributed by atoms with Crippen molar-refractivity contribution in [1.82, 2.24) is 14.5 Å². The summed E-state index contributed by atoms with van der Waals surface area (Å²) >= 11 is 0. The number of rotatable bonds is 6. The van der Waals surface area contributed by atoms with Crippen LogP contribution >= 0.6 is 0 Å². The summed E-state index contributed by atoms with van der Waals surface area (Å²) in [6, 6.07) is 2.77. The van der Waals surface area contributed by atoms with Crippen LogP contribution in [0, 0.1) is 0 Å². The number of carboxylic acids is 1. The minimum absolute atomic E-state index is 0.0999. The number of furan rings is 1. The van der Waals surface area contributed by atoms with Crippen molar-refractivity contribution in [3.63, 3.8) is 0 Å². The van der Waals surface area contributed by atoms with E-state index in [4.69, 9.17) is 9.52 Å². The van der Waals surface area contributed by atoms with Crippen LogP contribution in [0.3, 0.4) is 0 Å². The van der Waals surface area contributed by atoms with Crippen LogP contribution in [-0.4, -0.2) is 29.3 Å². The molecule has 108 valence electrons. The van der Waals surface area contributed by atoms with Gasteiger partial charge in [0.1, 0.15) is 17.2 Å². The van der Waals surface area contributed by atoms with E-state index in [1.807, 2.05) is 0 Å². The molecule has 0 unspecified atom stereocenters. The molecule has 2 heterocycles. The van der Waals surface area contributed by atoms with Crippen LogP contribution in [0.2, 0.25) is 0 Å². The first kappa shape index (κ1) is 14.3. The van der Waals surface area contributed by atoms with Crippen LogP contribution in [0.25, 0.3) is 0 Å². The van der Waals surface area contributed by atoms with Gasteiger partial charge in [-0.25, -0.2) is 13.1 Å². The van der Waals surface area contributed by atoms with Crippen molar-refractivity contribution in [2.24, 2.45) is 0 Å². The van der Waals surface area contributed by atoms with E-state index >= 15 is 0 Å². The molecule has 20 heavy (non-hydrogen) atoms. The molecule has 0 fully saturated rings. The molecule has 0 bridgehead atoms. The van der Waals surface area contributed by atoms with Crippen LogP contribution < -0.4 is 4.72 Å². The molecule has 0 saturated heterocycles. The Morgan fingerprint density at radius 1 is 1.60 bits per heavy atom. The Kier molecular flexibility index (Phi) is 3.91. The standard InChI is InChI=1S/C11H13N3O5S/c1-8(10-3-2-4-19-10)13-20(17,18)9-5-12-14(6-9)7-11(15)16/h2-6,8,13H,7H2,1H3,(H,15,16)/t8-/m1/s1. The fourth-order valence-corrected chi connectivity index (χ4v) is 2.77. The van der Waals surface area contributed by atoms with E-state index in [9.17, 15) is 13.2 Å². The van der Waals surface area contributed by atoms with Crippen molar-refractivity contribution < 1.29 is 22.7 Å². The molecule has 0 saturated carbocycles. The molecule has 0 aliphatic carbocycles. The zero-order valence-electron chi connectivity index (χ0n) is 10.6. The lowest BCUT2D eigenvalue weighted by molar-refractivity contribution is -0.137. The summed E-state index contributed by atoms with van der Waals surface area (Å²) in [7, 11) is -3.79. The lowest BCUT2D eigenvalue weighted by Gasteiger charge is -2.10. The molecule has 8 nitrogen and oxygen atoms in total. The Morgan fingerprint density at radius 2 is 2.35 bits per heavy atom. The third kappa shape index (κ3) is 3.25. The molecule has 0 amide bonds. The van der Waals surface area contributed by atoms with Gasteiger partial charge >= 0.3 is 5.97 Å². The van der Waals surface area contributed by atoms with Gasteiger partial charge in [-0.1, -0.05) is 0 Å². The van der Waals surface area contributed by atoms with Crippen LogP contribution in [-0.2, 0) is 21.4 Å². The molecular weight excluding hydrogens is 286 g/mol. The van der Waals surface area contributed by atoms with Crippen molar-refractivity contribution in [3.8, 4) is 0 Å². The number of sulfonamides is 1. The predicted octanol–water partition coefficient (Wildman–Crippen LogP) is 0.600. The third-order valence-corrected chi connectivity index (χ3v) is 4.01. The number of nitrogens with zero attached hydrogens (tertiary/aromatic N) is 2. The Labute approximate surface area is 115 Å². The highest BCUT2D eigenvalue weighted by atomic mass is 32.2. The molecule has 2 aromatic heterocycles. The Hall–Kier alpha value is -2.13. The van der Waals surface area contributed by atoms with Gasteiger partial charge in [-0.2, -0.15) is 5.10 Å². The number of hydrogen-bond acceptors (Lipinski definition) is 5. The minimum Gasteiger partial charge on any atom is -0.480 e. The Balaban J connectivity index is 2.14. The van der Waals surface area contributed by atoms with E-state index in [0.717, 1.165) is 17.1 Å². The monoisotopic (exact) mass is 299 g/mol. The lowest BCUT2D eigenvalue weighted by Crippen LogP contribution is -2.26. The summed E-state index contributed by atoms with van der Waals surface area (Å²) in [5, 5.41) is 12.3. The van der Waals surface area contributed by atoms with Gasteiger partial charge in [0, 0.05) is 6.20 Å². The summed E-state index contributed by atoms with van der Waals surface area (Å²) in [5.41, 5.74) is 0. The molecule has 2 rings (SSSR count). The van der Waals surface area contributed by atoms with E-state index in [0.29, 0.717) is 5.76 Å². The van der Waals surface area contributed by atoms with E-state index in [1.54, 1.807) is 19.1 Å². The van der Waals surface area contributed by atoms with Gasteiger partial charge in [0.05, 0.1) is 18.5 Å². The maximum absolute atomic E-state index is 12.1. The van der Waals surface area contributed by atoms with Crippen molar-refractivity contribution in [2.45, 2.75) is 24.4 Å². The maximum Gasteiger partial charge on any atom is 0.325 e. The molecule has 2 N–H and O–H groups in total. The van der Waals surface area contributed by atoms with Crippen molar-refractivity contribution in [1.29, 1.82) is 0 Å². The second-order valence-corrected chi connectivity index (χ2v) is 5.84. The largest absolute Gasteiger partial charge is 0.480 e. The van der Waals surface area contributed by atoms with Crippen molar-refractivity contribution in [3.05, 3.63) is 36.5 Å². The van der Waals surface area contributed by atoms with Crippen molar-refractivity contribution >= 4 is 16.0 Å². The van der Waals surface area contributed by atoms with E-state index < -0.39 is 28.6 Å². The summed E-state index contributed by atoms with van der Waals surface area (Å²) in [6.07, 6.45) is 3.70. The average molecular weight is 299 g/mol. The molecular formula is C11H13N3O5S. The lowest BCUT2D eigenvalue weighted by atomic mass is 10.3. The van der Waals surface area contributed by atoms with Crippen LogP contribution in [0.15, 0.2) is 40.1 Å². The van der Waals surface area contributed by atoms with Crippen LogP contribution in [0.5, 0.6) is 0 Å². The van der Waals surface area contributed by atoms with Gasteiger partial charge < -0.3 is 9.52 Å². The van der Waals surface area contributed by atoms with Gasteiger partial charge in [-0.15, -0.1) is 0 Å². The first-order valence-corrected chi connectivity index (χ1v) is 7.17. The third-order valence-electron chi connectivity index (χ3n) is 2.52. The topological polar surface area (TPSA) is 114 Å². The summed E-state index contributed by atoms with van der Waals surface area (Å²) in [4.78, 5) is 10.4. The Bertz CT molecular complexity index is 689. The fraction of sp³-hybridized carbons (Fsp3) is 0.273. The fourth-order valence-electron chi connectivity index (χ4n) is 1.60. The highest BCUT2D eigenvalue weighted by Gasteiger charge is 2.21. The smallest absolute Gasteiger partial charge is 0.325 e. The average Bonchev–Trinajstić information content (AvgIpc) is 2.97. The first-order chi connectivity index (χ1) is 9.38. The molecule has 1 atom stereocenters. The molecule has 0 aliphatic heterocycles. The number of carbonyl (C=O) groups is 1. The number of hydrogen-bond donors (Lipinski definition) is 2. The summed E-state index contributed by atoms with van der Waals surface area (Å²) in [5.74, 6) is -0.625. The van der Waals surface area contributed by atoms with Crippen LogP contribution in [0.4, 0.5) is 0 Å².